The molecule has 0 radical (unpaired) electrons. The van der Waals surface area contributed by atoms with Crippen LogP contribution in [0.4, 0.5) is 19.0 Å². The molecule has 0 aliphatic carbocycles. The van der Waals surface area contributed by atoms with Gasteiger partial charge in [-0.3, -0.25) is 0 Å². The van der Waals surface area contributed by atoms with E-state index in [-0.39, 0.29) is 10.7 Å². The summed E-state index contributed by atoms with van der Waals surface area (Å²) in [4.78, 5) is 3.74. The molecule has 0 aliphatic heterocycles. The molecule has 23 heavy (non-hydrogen) atoms. The van der Waals surface area contributed by atoms with Gasteiger partial charge in [0.15, 0.2) is 0 Å². The van der Waals surface area contributed by atoms with E-state index in [0.29, 0.717) is 5.56 Å². The summed E-state index contributed by atoms with van der Waals surface area (Å²) < 4.78 is 60.6. The standard InChI is InChI=1S/C14H14F3N3O2S/c1-9(10-4-6-11(7-5-10)14(15,16)17)20-13-12(23(18,21)22)3-2-8-19-13/h2-9H,1H3,(H,19,20)(H2,18,21,22)/t9-/m1/s1. The fourth-order valence-corrected chi connectivity index (χ4v) is 2.63. The predicted molar refractivity (Wildman–Crippen MR) is 79.1 cm³/mol. The number of nitrogens with one attached hydrogen (secondary N) is 1. The first-order chi connectivity index (χ1) is 10.6. The Labute approximate surface area is 131 Å². The number of benzene rings is 1. The van der Waals surface area contributed by atoms with Crippen LogP contribution in [0.15, 0.2) is 47.5 Å². The molecule has 9 heteroatoms. The Morgan fingerprint density at radius 3 is 2.30 bits per heavy atom. The number of aromatic nitrogens is 1. The molecule has 1 aromatic heterocycles. The molecular weight excluding hydrogens is 331 g/mol. The van der Waals surface area contributed by atoms with Crippen LogP contribution in [0, 0.1) is 0 Å². The Morgan fingerprint density at radius 1 is 1.17 bits per heavy atom. The molecule has 0 saturated heterocycles. The molecule has 5 nitrogen and oxygen atoms in total. The SMILES string of the molecule is C[C@@H](Nc1ncccc1S(N)(=O)=O)c1ccc(C(F)(F)F)cc1. The Morgan fingerprint density at radius 2 is 1.78 bits per heavy atom. The lowest BCUT2D eigenvalue weighted by Crippen LogP contribution is -2.17. The molecular formula is C14H14F3N3O2S. The van der Waals surface area contributed by atoms with E-state index in [0.717, 1.165) is 12.1 Å². The van der Waals surface area contributed by atoms with Gasteiger partial charge in [-0.1, -0.05) is 12.1 Å². The number of pyridine rings is 1. The smallest absolute Gasteiger partial charge is 0.362 e. The Hall–Kier alpha value is -2.13. The zero-order valence-corrected chi connectivity index (χ0v) is 12.8. The van der Waals surface area contributed by atoms with Crippen molar-refractivity contribution in [1.29, 1.82) is 0 Å². The van der Waals surface area contributed by atoms with Crippen LogP contribution < -0.4 is 10.5 Å². The fourth-order valence-electron chi connectivity index (χ4n) is 1.98. The highest BCUT2D eigenvalue weighted by Gasteiger charge is 2.30. The zero-order chi connectivity index (χ0) is 17.3. The van der Waals surface area contributed by atoms with Crippen molar-refractivity contribution in [1.82, 2.24) is 4.98 Å². The van der Waals surface area contributed by atoms with Crippen molar-refractivity contribution in [3.05, 3.63) is 53.7 Å². The molecule has 1 heterocycles. The zero-order valence-electron chi connectivity index (χ0n) is 12.0. The highest BCUT2D eigenvalue weighted by atomic mass is 32.2. The summed E-state index contributed by atoms with van der Waals surface area (Å²) in [5, 5.41) is 7.95. The number of hydrogen-bond donors (Lipinski definition) is 2. The maximum absolute atomic E-state index is 12.5. The molecule has 2 rings (SSSR count). The molecule has 0 spiro atoms. The van der Waals surface area contributed by atoms with E-state index in [2.05, 4.69) is 10.3 Å². The van der Waals surface area contributed by atoms with Crippen LogP contribution in [0.3, 0.4) is 0 Å². The van der Waals surface area contributed by atoms with Gasteiger partial charge < -0.3 is 5.32 Å². The summed E-state index contributed by atoms with van der Waals surface area (Å²) in [6.45, 7) is 1.67. The topological polar surface area (TPSA) is 85.1 Å². The number of anilines is 1. The van der Waals surface area contributed by atoms with Gasteiger partial charge in [-0.2, -0.15) is 13.2 Å². The third-order valence-electron chi connectivity index (χ3n) is 3.17. The van der Waals surface area contributed by atoms with Crippen LogP contribution in [-0.4, -0.2) is 13.4 Å². The molecule has 2 aromatic rings. The number of rotatable bonds is 4. The summed E-state index contributed by atoms with van der Waals surface area (Å²) in [5.41, 5.74) is -0.208. The number of hydrogen-bond acceptors (Lipinski definition) is 4. The number of nitrogens with zero attached hydrogens (tertiary/aromatic N) is 1. The average molecular weight is 345 g/mol. The predicted octanol–water partition coefficient (Wildman–Crippen LogP) is 2.92. The van der Waals surface area contributed by atoms with Crippen molar-refractivity contribution in [2.24, 2.45) is 5.14 Å². The summed E-state index contributed by atoms with van der Waals surface area (Å²) in [6.07, 6.45) is -3.02. The van der Waals surface area contributed by atoms with Crippen molar-refractivity contribution in [3.63, 3.8) is 0 Å². The van der Waals surface area contributed by atoms with Crippen molar-refractivity contribution >= 4 is 15.8 Å². The Bertz CT molecular complexity index is 790. The molecule has 0 amide bonds. The van der Waals surface area contributed by atoms with Gasteiger partial charge in [0, 0.05) is 12.2 Å². The quantitative estimate of drug-likeness (QED) is 0.892. The van der Waals surface area contributed by atoms with Crippen LogP contribution in [0.25, 0.3) is 0 Å². The number of sulfonamides is 1. The number of nitrogens with two attached hydrogens (primary N) is 1. The minimum Gasteiger partial charge on any atom is -0.362 e. The molecule has 1 atom stereocenters. The van der Waals surface area contributed by atoms with Crippen LogP contribution in [0.2, 0.25) is 0 Å². The maximum atomic E-state index is 12.5. The first-order valence-electron chi connectivity index (χ1n) is 6.50. The van der Waals surface area contributed by atoms with Gasteiger partial charge in [0.05, 0.1) is 5.56 Å². The molecule has 3 N–H and O–H groups in total. The van der Waals surface area contributed by atoms with Crippen molar-refractivity contribution in [2.75, 3.05) is 5.32 Å². The lowest BCUT2D eigenvalue weighted by atomic mass is 10.1. The number of primary sulfonamides is 1. The van der Waals surface area contributed by atoms with Gasteiger partial charge in [-0.15, -0.1) is 0 Å². The largest absolute Gasteiger partial charge is 0.416 e. The van der Waals surface area contributed by atoms with E-state index in [1.54, 1.807) is 6.92 Å². The number of halogens is 3. The number of alkyl halides is 3. The van der Waals surface area contributed by atoms with Crippen LogP contribution in [0.1, 0.15) is 24.1 Å². The summed E-state index contributed by atoms with van der Waals surface area (Å²) in [5.74, 6) is 0.0439. The van der Waals surface area contributed by atoms with E-state index in [1.165, 1.54) is 30.5 Å². The highest BCUT2D eigenvalue weighted by Crippen LogP contribution is 2.30. The van der Waals surface area contributed by atoms with Crippen molar-refractivity contribution in [3.8, 4) is 0 Å². The summed E-state index contributed by atoms with van der Waals surface area (Å²) in [7, 11) is -3.96. The Balaban J connectivity index is 2.25. The van der Waals surface area contributed by atoms with Gasteiger partial charge in [-0.05, 0) is 36.8 Å². The second kappa shape index (κ2) is 6.17. The fraction of sp³-hybridized carbons (Fsp3) is 0.214. The van der Waals surface area contributed by atoms with Gasteiger partial charge in [0.2, 0.25) is 10.0 Å². The normalized spacial score (nSPS) is 13.6. The minimum atomic E-state index is -4.41. The van der Waals surface area contributed by atoms with E-state index in [9.17, 15) is 21.6 Å². The van der Waals surface area contributed by atoms with Crippen molar-refractivity contribution < 1.29 is 21.6 Å². The molecule has 124 valence electrons. The van der Waals surface area contributed by atoms with Crippen LogP contribution in [0.5, 0.6) is 0 Å². The first kappa shape index (κ1) is 17.2. The summed E-state index contributed by atoms with van der Waals surface area (Å²) >= 11 is 0. The summed E-state index contributed by atoms with van der Waals surface area (Å²) in [6, 6.07) is 6.82. The molecule has 0 fully saturated rings. The molecule has 0 saturated carbocycles. The van der Waals surface area contributed by atoms with E-state index in [4.69, 9.17) is 5.14 Å². The maximum Gasteiger partial charge on any atom is 0.416 e. The van der Waals surface area contributed by atoms with Crippen LogP contribution in [-0.2, 0) is 16.2 Å². The third-order valence-corrected chi connectivity index (χ3v) is 4.11. The second-order valence-electron chi connectivity index (χ2n) is 4.88. The van der Waals surface area contributed by atoms with Gasteiger partial charge in [-0.25, -0.2) is 18.5 Å². The van der Waals surface area contributed by atoms with Gasteiger partial charge in [0.1, 0.15) is 10.7 Å². The van der Waals surface area contributed by atoms with Crippen LogP contribution >= 0.6 is 0 Å². The lowest BCUT2D eigenvalue weighted by Gasteiger charge is -2.17. The van der Waals surface area contributed by atoms with E-state index in [1.807, 2.05) is 0 Å². The van der Waals surface area contributed by atoms with Gasteiger partial charge in [0.25, 0.3) is 0 Å². The molecule has 0 aliphatic rings. The molecule has 0 bridgehead atoms. The minimum absolute atomic E-state index is 0.0439. The monoisotopic (exact) mass is 345 g/mol. The first-order valence-corrected chi connectivity index (χ1v) is 8.05. The Kier molecular flexibility index (Phi) is 4.62. The molecule has 1 aromatic carbocycles. The third kappa shape index (κ3) is 4.20. The molecule has 0 unspecified atom stereocenters. The highest BCUT2D eigenvalue weighted by molar-refractivity contribution is 7.89. The van der Waals surface area contributed by atoms with Gasteiger partial charge >= 0.3 is 6.18 Å². The van der Waals surface area contributed by atoms with Crippen molar-refractivity contribution in [2.45, 2.75) is 24.0 Å². The second-order valence-corrected chi connectivity index (χ2v) is 6.41. The average Bonchev–Trinajstić information content (AvgIpc) is 2.46. The van der Waals surface area contributed by atoms with E-state index >= 15 is 0 Å². The lowest BCUT2D eigenvalue weighted by molar-refractivity contribution is -0.137. The van der Waals surface area contributed by atoms with E-state index < -0.39 is 27.8 Å².